The summed E-state index contributed by atoms with van der Waals surface area (Å²) in [5, 5.41) is -4.52. The molecule has 6 heteroatoms. The fraction of sp³-hybridized carbons (Fsp3) is 0. The lowest BCUT2D eigenvalue weighted by Crippen LogP contribution is -2.07. The summed E-state index contributed by atoms with van der Waals surface area (Å²) in [7, 11) is 0. The molecule has 0 N–H and O–H groups in total. The van der Waals surface area contributed by atoms with Crippen molar-refractivity contribution in [1.82, 2.24) is 24.1 Å². The predicted octanol–water partition coefficient (Wildman–Crippen LogP) is 16.3. The lowest BCUT2D eigenvalue weighted by Gasteiger charge is -2.14. The van der Waals surface area contributed by atoms with Gasteiger partial charge >= 0.3 is 0 Å². The Balaban J connectivity index is 1.27. The van der Waals surface area contributed by atoms with Crippen LogP contribution in [0.3, 0.4) is 0 Å². The molecule has 0 saturated heterocycles. The molecular weight excluding hydrogens is 843 g/mol. The predicted molar refractivity (Wildman–Crippen MR) is 283 cm³/mol. The summed E-state index contributed by atoms with van der Waals surface area (Å²) in [6.45, 7) is 0. The monoisotopic (exact) mass is 921 g/mol. The van der Waals surface area contributed by atoms with Gasteiger partial charge in [-0.05, 0) is 69.6 Å². The Labute approximate surface area is 451 Å². The highest BCUT2D eigenvalue weighted by Gasteiger charge is 2.25. The number of para-hydroxylation sites is 2. The van der Waals surface area contributed by atoms with Crippen molar-refractivity contribution in [2.45, 2.75) is 0 Å². The number of hydrogen-bond acceptors (Lipinski definition) is 4. The van der Waals surface area contributed by atoms with Crippen molar-refractivity contribution in [3.05, 3.63) is 236 Å². The molecule has 0 amide bonds. The molecule has 0 bridgehead atoms. The van der Waals surface area contributed by atoms with Crippen LogP contribution in [0, 0.1) is 0 Å². The van der Waals surface area contributed by atoms with Gasteiger partial charge in [0.25, 0.3) is 0 Å². The van der Waals surface area contributed by atoms with Crippen molar-refractivity contribution >= 4 is 65.6 Å². The van der Waals surface area contributed by atoms with Gasteiger partial charge in [0.05, 0.1) is 75.5 Å². The lowest BCUT2D eigenvalue weighted by atomic mass is 9.97. The zero-order valence-electron chi connectivity index (χ0n) is 73.1. The molecule has 10 aromatic carbocycles. The summed E-state index contributed by atoms with van der Waals surface area (Å²) >= 11 is 0. The van der Waals surface area contributed by atoms with Gasteiger partial charge in [0.15, 0.2) is 11.6 Å². The van der Waals surface area contributed by atoms with Gasteiger partial charge in [-0.1, -0.05) is 199 Å². The van der Waals surface area contributed by atoms with Crippen LogP contribution >= 0.6 is 0 Å². The number of benzene rings is 10. The standard InChI is InChI=1S/C63H39N5O/c1-4-16-40(17-5-1)42-30-32-45(33-31-42)61-64-62(52-25-15-29-56-58(52)57-47(24-14-28-55(57)69-56)44-20-8-3-9-21-44)66-63(65-61)68-54-27-13-11-23-49(54)51-39-38-50-48-22-10-12-26-53(48)67(59(50)60(51)68)46-36-34-43(35-37-46)41-18-6-2-7-19-41/h1-39H/i1D,2D,3D,4D,5D,6D,7D,8D,9D,10D,11D,12D,13D,14D,15D,16D,17D,18D,19D,20D,21D,22D,23D,24D,25D,26D,27D,28D,29D,30D,31D,32D,33D,34D,35D,36D,37D,38D,39D. The molecule has 4 heterocycles. The molecule has 322 valence electrons. The Bertz CT molecular complexity index is 6530. The highest BCUT2D eigenvalue weighted by atomic mass is 16.3. The van der Waals surface area contributed by atoms with Crippen molar-refractivity contribution < 1.29 is 57.9 Å². The Morgan fingerprint density at radius 1 is 0.319 bits per heavy atom. The normalized spacial score (nSPS) is 19.7. The molecule has 69 heavy (non-hydrogen) atoms. The van der Waals surface area contributed by atoms with Crippen LogP contribution in [0.25, 0.3) is 133 Å². The minimum atomic E-state index is -1.23. The fourth-order valence-corrected chi connectivity index (χ4v) is 8.00. The molecular formula is C63H39N5O. The van der Waals surface area contributed by atoms with Crippen LogP contribution in [-0.2, 0) is 0 Å². The Hall–Kier alpha value is -9.39. The molecule has 0 saturated carbocycles. The molecule has 0 aliphatic carbocycles. The third-order valence-corrected chi connectivity index (χ3v) is 10.9. The molecule has 4 aromatic heterocycles. The van der Waals surface area contributed by atoms with Crippen LogP contribution in [0.5, 0.6) is 0 Å². The first kappa shape index (κ1) is 16.4. The van der Waals surface area contributed by atoms with Gasteiger partial charge in [0, 0.05) is 49.1 Å². The number of hydrogen-bond donors (Lipinski definition) is 0. The molecule has 0 aliphatic rings. The van der Waals surface area contributed by atoms with Crippen LogP contribution in [0.2, 0.25) is 0 Å². The smallest absolute Gasteiger partial charge is 0.238 e. The third kappa shape index (κ3) is 6.23. The first-order valence-electron chi connectivity index (χ1n) is 39.6. The van der Waals surface area contributed by atoms with Crippen LogP contribution in [0.4, 0.5) is 0 Å². The molecule has 0 radical (unpaired) electrons. The van der Waals surface area contributed by atoms with Gasteiger partial charge in [-0.3, -0.25) is 4.57 Å². The molecule has 0 spiro atoms. The number of rotatable bonds is 7. The Kier molecular flexibility index (Phi) is 3.72. The number of aromatic nitrogens is 5. The van der Waals surface area contributed by atoms with Crippen LogP contribution in [0.1, 0.15) is 53.5 Å². The van der Waals surface area contributed by atoms with Gasteiger partial charge in [-0.2, -0.15) is 9.97 Å². The second-order valence-corrected chi connectivity index (χ2v) is 14.6. The van der Waals surface area contributed by atoms with Crippen molar-refractivity contribution in [2.24, 2.45) is 0 Å². The maximum absolute atomic E-state index is 9.99. The number of nitrogens with zero attached hydrogens (tertiary/aromatic N) is 5. The van der Waals surface area contributed by atoms with E-state index < -0.39 is 369 Å². The average molecular weight is 921 g/mol. The quantitative estimate of drug-likeness (QED) is 0.160. The SMILES string of the molecule is [2H]c1c([2H])c([2H])c(-c2c([2H])c([2H])c(-c3nc(-c4c([2H])c([2H])c([2H])c5oc6c([2H])c([2H])c([2H])c(-c7c([2H])c([2H])c([2H])c([2H])c7[2H])c6c45)nc(-n4c5c([2H])c([2H])c([2H])c([2H])c5c5c([2H])c([2H])c6c7c([2H])c([2H])c([2H])c([2H])c7n(-c7c([2H])c([2H])c(-c8c([2H])c([2H])c([2H])c([2H])c8[2H])c([2H])c7[2H])c6c54)n3)c([2H])c2[2H])c([2H])c1[2H]. The van der Waals surface area contributed by atoms with Gasteiger partial charge in [0.1, 0.15) is 11.2 Å². The zero-order chi connectivity index (χ0) is 79.4. The summed E-state index contributed by atoms with van der Waals surface area (Å²) in [6, 6.07) is -41.3. The average Bonchev–Trinajstić information content (AvgIpc) is 1.51. The molecule has 0 fully saturated rings. The number of furan rings is 1. The van der Waals surface area contributed by atoms with E-state index in [0.717, 1.165) is 0 Å². The first-order valence-corrected chi connectivity index (χ1v) is 20.1. The second-order valence-electron chi connectivity index (χ2n) is 14.6. The Morgan fingerprint density at radius 3 is 1.38 bits per heavy atom. The first-order chi connectivity index (χ1) is 50.4. The van der Waals surface area contributed by atoms with Gasteiger partial charge in [0.2, 0.25) is 5.95 Å². The summed E-state index contributed by atoms with van der Waals surface area (Å²) in [5.74, 6) is -3.45. The summed E-state index contributed by atoms with van der Waals surface area (Å²) in [5.41, 5.74) is -13.3. The summed E-state index contributed by atoms with van der Waals surface area (Å²) < 4.78 is 365. The third-order valence-electron chi connectivity index (χ3n) is 10.9. The fourth-order valence-electron chi connectivity index (χ4n) is 8.00. The largest absolute Gasteiger partial charge is 0.456 e. The van der Waals surface area contributed by atoms with E-state index in [2.05, 4.69) is 9.97 Å². The van der Waals surface area contributed by atoms with Gasteiger partial charge in [-0.15, -0.1) is 0 Å². The molecule has 0 unspecified atom stereocenters. The van der Waals surface area contributed by atoms with Gasteiger partial charge in [-0.25, -0.2) is 4.98 Å². The van der Waals surface area contributed by atoms with E-state index in [-0.39, 0.29) is 0 Å². The van der Waals surface area contributed by atoms with E-state index in [0.29, 0.717) is 9.13 Å². The van der Waals surface area contributed by atoms with Crippen LogP contribution in [0.15, 0.2) is 240 Å². The molecule has 0 aliphatic heterocycles. The Morgan fingerprint density at radius 2 is 0.768 bits per heavy atom. The van der Waals surface area contributed by atoms with Crippen molar-refractivity contribution in [3.63, 3.8) is 0 Å². The topological polar surface area (TPSA) is 61.7 Å². The van der Waals surface area contributed by atoms with Crippen molar-refractivity contribution in [3.8, 4) is 67.8 Å². The summed E-state index contributed by atoms with van der Waals surface area (Å²) in [6.07, 6.45) is 0. The zero-order valence-corrected chi connectivity index (χ0v) is 34.1. The maximum atomic E-state index is 9.99. The molecule has 14 rings (SSSR count). The lowest BCUT2D eigenvalue weighted by molar-refractivity contribution is 0.669. The van der Waals surface area contributed by atoms with Crippen molar-refractivity contribution in [1.29, 1.82) is 0 Å². The van der Waals surface area contributed by atoms with E-state index in [9.17, 15) is 27.4 Å². The molecule has 6 nitrogen and oxygen atoms in total. The highest BCUT2D eigenvalue weighted by molar-refractivity contribution is 6.24. The maximum Gasteiger partial charge on any atom is 0.238 e. The van der Waals surface area contributed by atoms with Crippen LogP contribution < -0.4 is 0 Å². The van der Waals surface area contributed by atoms with Gasteiger partial charge < -0.3 is 8.98 Å². The highest BCUT2D eigenvalue weighted by Crippen LogP contribution is 2.44. The summed E-state index contributed by atoms with van der Waals surface area (Å²) in [4.78, 5) is 14.0. The van der Waals surface area contributed by atoms with E-state index in [4.69, 9.17) is 35.4 Å². The molecule has 14 aromatic rings. The minimum absolute atomic E-state index is 0.640. The molecule has 0 atom stereocenters. The van der Waals surface area contributed by atoms with E-state index >= 15 is 0 Å². The minimum Gasteiger partial charge on any atom is -0.456 e. The second kappa shape index (κ2) is 15.6. The van der Waals surface area contributed by atoms with E-state index in [1.165, 1.54) is 0 Å². The van der Waals surface area contributed by atoms with E-state index in [1.54, 1.807) is 0 Å². The van der Waals surface area contributed by atoms with Crippen molar-refractivity contribution in [2.75, 3.05) is 0 Å². The van der Waals surface area contributed by atoms with E-state index in [1.807, 2.05) is 0 Å². The number of fused-ring (bicyclic) bond motifs is 10. The van der Waals surface area contributed by atoms with Crippen LogP contribution in [-0.4, -0.2) is 24.1 Å².